The van der Waals surface area contributed by atoms with Gasteiger partial charge in [-0.15, -0.1) is 0 Å². The lowest BCUT2D eigenvalue weighted by Gasteiger charge is -2.26. The Bertz CT molecular complexity index is 1470. The Labute approximate surface area is 206 Å². The van der Waals surface area contributed by atoms with E-state index >= 15 is 0 Å². The molecule has 3 aromatic carbocycles. The van der Waals surface area contributed by atoms with Gasteiger partial charge in [0.1, 0.15) is 5.75 Å². The molecule has 0 aliphatic heterocycles. The van der Waals surface area contributed by atoms with Crippen molar-refractivity contribution in [3.63, 3.8) is 0 Å². The minimum Gasteiger partial charge on any atom is -0.496 e. The number of hydrogen-bond acceptors (Lipinski definition) is 3. The first-order valence-electron chi connectivity index (χ1n) is 10.9. The fraction of sp³-hybridized carbons (Fsp3) is 0.308. The fourth-order valence-electron chi connectivity index (χ4n) is 5.18. The molecule has 0 spiro atoms. The number of aliphatic carboxylic acids is 2. The van der Waals surface area contributed by atoms with Crippen LogP contribution in [0.5, 0.6) is 5.75 Å². The van der Waals surface area contributed by atoms with Crippen molar-refractivity contribution in [2.45, 2.75) is 44.5 Å². The van der Waals surface area contributed by atoms with Crippen LogP contribution in [0, 0.1) is 0 Å². The molecule has 11 heteroatoms. The summed E-state index contributed by atoms with van der Waals surface area (Å²) in [5.41, 5.74) is -4.42. The zero-order chi connectivity index (χ0) is 27.7. The van der Waals surface area contributed by atoms with Crippen LogP contribution >= 0.6 is 0 Å². The van der Waals surface area contributed by atoms with Crippen molar-refractivity contribution in [2.24, 2.45) is 0 Å². The predicted octanol–water partition coefficient (Wildman–Crippen LogP) is 6.45. The van der Waals surface area contributed by atoms with Crippen molar-refractivity contribution < 1.29 is 50.9 Å². The minimum atomic E-state index is -5.11. The van der Waals surface area contributed by atoms with Crippen molar-refractivity contribution in [3.05, 3.63) is 63.7 Å². The van der Waals surface area contributed by atoms with Crippen molar-refractivity contribution in [1.82, 2.24) is 0 Å². The molecule has 5 nitrogen and oxygen atoms in total. The lowest BCUT2D eigenvalue weighted by atomic mass is 9.78. The predicted molar refractivity (Wildman–Crippen MR) is 121 cm³/mol. The van der Waals surface area contributed by atoms with Gasteiger partial charge in [0.15, 0.2) is 0 Å². The van der Waals surface area contributed by atoms with Crippen molar-refractivity contribution in [3.8, 4) is 16.9 Å². The SMILES string of the molecule is COc1cc2c(CC(=O)O)cc3c(c2cc1CC(=O)O)-c1cc(C(F)(F)F)cc(C(F)(F)F)c1C3(C)C. The molecule has 0 unspecified atom stereocenters. The Morgan fingerprint density at radius 3 is 1.95 bits per heavy atom. The average Bonchev–Trinajstić information content (AvgIpc) is 2.97. The van der Waals surface area contributed by atoms with E-state index < -0.39 is 53.7 Å². The molecule has 0 atom stereocenters. The zero-order valence-electron chi connectivity index (χ0n) is 19.7. The van der Waals surface area contributed by atoms with Crippen LogP contribution in [0.1, 0.15) is 47.2 Å². The minimum absolute atomic E-state index is 0.0648. The number of benzene rings is 3. The van der Waals surface area contributed by atoms with Gasteiger partial charge in [-0.3, -0.25) is 9.59 Å². The molecular formula is C26H20F6O5. The Morgan fingerprint density at radius 1 is 0.838 bits per heavy atom. The normalized spacial score (nSPS) is 14.4. The van der Waals surface area contributed by atoms with Crippen LogP contribution in [0.3, 0.4) is 0 Å². The number of ether oxygens (including phenoxy) is 1. The molecule has 196 valence electrons. The lowest BCUT2D eigenvalue weighted by molar-refractivity contribution is -0.144. The number of alkyl halides is 6. The van der Waals surface area contributed by atoms with Gasteiger partial charge in [-0.2, -0.15) is 26.3 Å². The van der Waals surface area contributed by atoms with E-state index in [0.717, 1.165) is 0 Å². The van der Waals surface area contributed by atoms with E-state index in [2.05, 4.69) is 0 Å². The third-order valence-electron chi connectivity index (χ3n) is 6.65. The number of fused-ring (bicyclic) bond motifs is 5. The Hall–Kier alpha value is -3.76. The number of carbonyl (C=O) groups is 2. The van der Waals surface area contributed by atoms with Gasteiger partial charge >= 0.3 is 24.3 Å². The molecule has 0 amide bonds. The molecule has 1 aliphatic carbocycles. The first kappa shape index (κ1) is 26.3. The van der Waals surface area contributed by atoms with Gasteiger partial charge in [-0.1, -0.05) is 19.9 Å². The van der Waals surface area contributed by atoms with Crippen LogP contribution in [0.2, 0.25) is 0 Å². The van der Waals surface area contributed by atoms with Gasteiger partial charge in [-0.25, -0.2) is 0 Å². The number of carboxylic acids is 2. The number of rotatable bonds is 5. The first-order valence-corrected chi connectivity index (χ1v) is 10.9. The number of methoxy groups -OCH3 is 1. The molecular weight excluding hydrogens is 506 g/mol. The van der Waals surface area contributed by atoms with Crippen LogP contribution < -0.4 is 4.74 Å². The van der Waals surface area contributed by atoms with Crippen molar-refractivity contribution in [2.75, 3.05) is 7.11 Å². The molecule has 1 aliphatic rings. The second kappa shape index (κ2) is 8.39. The van der Waals surface area contributed by atoms with Crippen molar-refractivity contribution >= 4 is 22.7 Å². The molecule has 0 saturated heterocycles. The highest BCUT2D eigenvalue weighted by Crippen LogP contribution is 2.57. The second-order valence-electron chi connectivity index (χ2n) is 9.38. The topological polar surface area (TPSA) is 83.8 Å². The number of hydrogen-bond donors (Lipinski definition) is 2. The standard InChI is InChI=1S/C26H20F6O5/c1-24(2)17-5-11(6-20(33)34)14-10-19(37-3)12(7-21(35)36)4-15(14)22(17)16-8-13(25(27,28)29)9-18(23(16)24)26(30,31)32/h4-5,8-10H,6-7H2,1-3H3,(H,33,34)(H,35,36). The van der Waals surface area contributed by atoms with Crippen LogP contribution in [0.4, 0.5) is 26.3 Å². The Balaban J connectivity index is 2.23. The zero-order valence-corrected chi connectivity index (χ0v) is 19.7. The molecule has 2 N–H and O–H groups in total. The molecule has 0 heterocycles. The maximum absolute atomic E-state index is 14.1. The third-order valence-corrected chi connectivity index (χ3v) is 6.65. The van der Waals surface area contributed by atoms with Crippen LogP contribution in [-0.4, -0.2) is 29.3 Å². The summed E-state index contributed by atoms with van der Waals surface area (Å²) in [6, 6.07) is 4.86. The van der Waals surface area contributed by atoms with E-state index in [9.17, 15) is 46.1 Å². The van der Waals surface area contributed by atoms with Gasteiger partial charge in [0.05, 0.1) is 31.1 Å². The Morgan fingerprint density at radius 2 is 1.43 bits per heavy atom. The van der Waals surface area contributed by atoms with Gasteiger partial charge in [0, 0.05) is 11.0 Å². The molecule has 0 fully saturated rings. The number of halogens is 6. The van der Waals surface area contributed by atoms with E-state index in [1.165, 1.54) is 39.2 Å². The molecule has 0 saturated carbocycles. The molecule has 37 heavy (non-hydrogen) atoms. The summed E-state index contributed by atoms with van der Waals surface area (Å²) in [6.07, 6.45) is -11.2. The summed E-state index contributed by atoms with van der Waals surface area (Å²) in [6.45, 7) is 2.86. The van der Waals surface area contributed by atoms with E-state index in [4.69, 9.17) is 4.74 Å². The lowest BCUT2D eigenvalue weighted by Crippen LogP contribution is -2.22. The van der Waals surface area contributed by atoms with E-state index in [1.807, 2.05) is 0 Å². The monoisotopic (exact) mass is 526 g/mol. The van der Waals surface area contributed by atoms with Crippen LogP contribution in [-0.2, 0) is 40.2 Å². The average molecular weight is 526 g/mol. The highest BCUT2D eigenvalue weighted by molar-refractivity contribution is 6.06. The van der Waals surface area contributed by atoms with Gasteiger partial charge in [-0.05, 0) is 62.9 Å². The summed E-state index contributed by atoms with van der Waals surface area (Å²) < 4.78 is 88.7. The van der Waals surface area contributed by atoms with Crippen LogP contribution in [0.15, 0.2) is 30.3 Å². The highest BCUT2D eigenvalue weighted by Gasteiger charge is 2.47. The van der Waals surface area contributed by atoms with E-state index in [-0.39, 0.29) is 56.0 Å². The smallest absolute Gasteiger partial charge is 0.416 e. The molecule has 4 rings (SSSR count). The van der Waals surface area contributed by atoms with Crippen molar-refractivity contribution in [1.29, 1.82) is 0 Å². The summed E-state index contributed by atoms with van der Waals surface area (Å²) in [5, 5.41) is 19.2. The van der Waals surface area contributed by atoms with E-state index in [0.29, 0.717) is 6.07 Å². The molecule has 0 radical (unpaired) electrons. The third kappa shape index (κ3) is 4.36. The summed E-state index contributed by atoms with van der Waals surface area (Å²) in [7, 11) is 1.26. The first-order chi connectivity index (χ1) is 17.0. The molecule has 3 aromatic rings. The summed E-state index contributed by atoms with van der Waals surface area (Å²) in [4.78, 5) is 23.1. The largest absolute Gasteiger partial charge is 0.496 e. The highest BCUT2D eigenvalue weighted by atomic mass is 19.4. The quantitative estimate of drug-likeness (QED) is 0.374. The maximum atomic E-state index is 14.1. The summed E-state index contributed by atoms with van der Waals surface area (Å²) >= 11 is 0. The van der Waals surface area contributed by atoms with Gasteiger partial charge in [0.25, 0.3) is 0 Å². The number of carboxylic acid groups (broad SMARTS) is 2. The Kier molecular flexibility index (Phi) is 5.97. The maximum Gasteiger partial charge on any atom is 0.416 e. The summed E-state index contributed by atoms with van der Waals surface area (Å²) in [5.74, 6) is -2.38. The second-order valence-corrected chi connectivity index (χ2v) is 9.38. The van der Waals surface area contributed by atoms with E-state index in [1.54, 1.807) is 0 Å². The van der Waals surface area contributed by atoms with Gasteiger partial charge < -0.3 is 14.9 Å². The van der Waals surface area contributed by atoms with Crippen LogP contribution in [0.25, 0.3) is 21.9 Å². The molecule has 0 aromatic heterocycles. The van der Waals surface area contributed by atoms with Gasteiger partial charge in [0.2, 0.25) is 0 Å². The molecule has 0 bridgehead atoms. The fourth-order valence-corrected chi connectivity index (χ4v) is 5.18.